The molecule has 1 atom stereocenters. The van der Waals surface area contributed by atoms with Crippen LogP contribution in [0.25, 0.3) is 0 Å². The molecule has 112 valence electrons. The molecule has 1 heterocycles. The largest absolute Gasteiger partial charge is 0.480 e. The van der Waals surface area contributed by atoms with Gasteiger partial charge in [-0.15, -0.1) is 5.10 Å². The zero-order valence-corrected chi connectivity index (χ0v) is 12.2. The van der Waals surface area contributed by atoms with Crippen LogP contribution in [0, 0.1) is 11.8 Å². The van der Waals surface area contributed by atoms with Crippen LogP contribution in [0.2, 0.25) is 0 Å². The van der Waals surface area contributed by atoms with Gasteiger partial charge in [0.05, 0.1) is 12.7 Å². The molecule has 0 fully saturated rings. The van der Waals surface area contributed by atoms with Crippen molar-refractivity contribution in [2.24, 2.45) is 11.8 Å². The lowest BCUT2D eigenvalue weighted by Crippen LogP contribution is -2.32. The lowest BCUT2D eigenvalue weighted by molar-refractivity contribution is -0.138. The van der Waals surface area contributed by atoms with Crippen LogP contribution in [0.1, 0.15) is 39.3 Å². The number of aliphatic carboxylic acids is 1. The zero-order valence-electron chi connectivity index (χ0n) is 12.2. The molecule has 1 rings (SSSR count). The van der Waals surface area contributed by atoms with Gasteiger partial charge >= 0.3 is 5.97 Å². The second-order valence-electron chi connectivity index (χ2n) is 4.88. The predicted molar refractivity (Wildman–Crippen MR) is 72.7 cm³/mol. The number of amides is 1. The molecule has 0 aromatic carbocycles. The molecule has 0 saturated carbocycles. The van der Waals surface area contributed by atoms with Crippen LogP contribution < -0.4 is 5.32 Å². The van der Waals surface area contributed by atoms with E-state index in [0.29, 0.717) is 11.6 Å². The summed E-state index contributed by atoms with van der Waals surface area (Å²) in [6.07, 6.45) is 3.47. The Hall–Kier alpha value is -1.92. The molecular weight excluding hydrogens is 260 g/mol. The Morgan fingerprint density at radius 2 is 2.05 bits per heavy atom. The van der Waals surface area contributed by atoms with Crippen LogP contribution in [-0.4, -0.2) is 32.0 Å². The Labute approximate surface area is 118 Å². The number of carbonyl (C=O) groups excluding carboxylic acids is 1. The molecule has 0 spiro atoms. The van der Waals surface area contributed by atoms with E-state index in [-0.39, 0.29) is 24.9 Å². The molecule has 7 heteroatoms. The van der Waals surface area contributed by atoms with Gasteiger partial charge in [0.2, 0.25) is 5.91 Å². The molecule has 1 aromatic heterocycles. The molecule has 0 saturated heterocycles. The van der Waals surface area contributed by atoms with Gasteiger partial charge in [0.25, 0.3) is 0 Å². The van der Waals surface area contributed by atoms with Crippen LogP contribution in [0.4, 0.5) is 0 Å². The second kappa shape index (κ2) is 7.62. The first-order valence-corrected chi connectivity index (χ1v) is 6.86. The van der Waals surface area contributed by atoms with Crippen molar-refractivity contribution < 1.29 is 14.7 Å². The lowest BCUT2D eigenvalue weighted by atomic mass is 9.89. The van der Waals surface area contributed by atoms with E-state index in [1.807, 2.05) is 6.92 Å². The Balaban J connectivity index is 2.48. The van der Waals surface area contributed by atoms with Crippen molar-refractivity contribution in [2.45, 2.75) is 46.7 Å². The van der Waals surface area contributed by atoms with Crippen molar-refractivity contribution in [1.82, 2.24) is 20.3 Å². The third-order valence-corrected chi connectivity index (χ3v) is 3.50. The summed E-state index contributed by atoms with van der Waals surface area (Å²) < 4.78 is 1.23. The average Bonchev–Trinajstić information content (AvgIpc) is 2.84. The highest BCUT2D eigenvalue weighted by atomic mass is 16.4. The first kappa shape index (κ1) is 16.1. The van der Waals surface area contributed by atoms with E-state index in [2.05, 4.69) is 29.5 Å². The summed E-state index contributed by atoms with van der Waals surface area (Å²) >= 11 is 0. The van der Waals surface area contributed by atoms with Crippen molar-refractivity contribution in [2.75, 3.05) is 0 Å². The molecule has 0 radical (unpaired) electrons. The summed E-state index contributed by atoms with van der Waals surface area (Å²) in [4.78, 5) is 22.5. The van der Waals surface area contributed by atoms with Gasteiger partial charge in [0.15, 0.2) is 0 Å². The van der Waals surface area contributed by atoms with Crippen molar-refractivity contribution in [3.05, 3.63) is 11.9 Å². The van der Waals surface area contributed by atoms with Gasteiger partial charge in [-0.3, -0.25) is 9.59 Å². The summed E-state index contributed by atoms with van der Waals surface area (Å²) in [5.74, 6) is -0.656. The van der Waals surface area contributed by atoms with Gasteiger partial charge in [-0.1, -0.05) is 38.8 Å². The Bertz CT molecular complexity index is 454. The van der Waals surface area contributed by atoms with Gasteiger partial charge in [-0.25, -0.2) is 4.68 Å². The monoisotopic (exact) mass is 282 g/mol. The quantitative estimate of drug-likeness (QED) is 0.743. The highest BCUT2D eigenvalue weighted by Gasteiger charge is 2.20. The number of nitrogens with one attached hydrogen (secondary N) is 1. The summed E-state index contributed by atoms with van der Waals surface area (Å²) in [5, 5.41) is 18.9. The van der Waals surface area contributed by atoms with E-state index in [4.69, 9.17) is 5.11 Å². The summed E-state index contributed by atoms with van der Waals surface area (Å²) in [7, 11) is 0. The van der Waals surface area contributed by atoms with Crippen LogP contribution >= 0.6 is 0 Å². The Morgan fingerprint density at radius 1 is 1.40 bits per heavy atom. The minimum absolute atomic E-state index is 0.00788. The smallest absolute Gasteiger partial charge is 0.325 e. The minimum atomic E-state index is -0.979. The van der Waals surface area contributed by atoms with E-state index < -0.39 is 5.97 Å². The van der Waals surface area contributed by atoms with Crippen LogP contribution in [0.5, 0.6) is 0 Å². The molecule has 20 heavy (non-hydrogen) atoms. The molecule has 0 aliphatic heterocycles. The van der Waals surface area contributed by atoms with E-state index in [1.54, 1.807) is 0 Å². The normalized spacial score (nSPS) is 12.4. The first-order chi connectivity index (χ1) is 9.47. The molecule has 0 aliphatic rings. The van der Waals surface area contributed by atoms with Crippen molar-refractivity contribution in [1.29, 1.82) is 0 Å². The topological polar surface area (TPSA) is 97.1 Å². The number of carboxylic acid groups (broad SMARTS) is 1. The highest BCUT2D eigenvalue weighted by Crippen LogP contribution is 2.19. The predicted octanol–water partition coefficient (Wildman–Crippen LogP) is 1.05. The summed E-state index contributed by atoms with van der Waals surface area (Å²) in [6.45, 7) is 6.12. The van der Waals surface area contributed by atoms with Crippen LogP contribution in [-0.2, 0) is 22.7 Å². The van der Waals surface area contributed by atoms with E-state index in [9.17, 15) is 9.59 Å². The molecule has 1 unspecified atom stereocenters. The minimum Gasteiger partial charge on any atom is -0.480 e. The maximum Gasteiger partial charge on any atom is 0.325 e. The standard InChI is InChI=1S/C13H22N4O3/c1-4-10(5-2)9(3)13(20)14-6-11-7-17(16-15-11)8-12(18)19/h7,9-10H,4-6,8H2,1-3H3,(H,14,20)(H,18,19). The van der Waals surface area contributed by atoms with Gasteiger partial charge < -0.3 is 10.4 Å². The molecule has 0 aliphatic carbocycles. The number of nitrogens with zero attached hydrogens (tertiary/aromatic N) is 3. The fourth-order valence-electron chi connectivity index (χ4n) is 2.18. The third kappa shape index (κ3) is 4.64. The number of carbonyl (C=O) groups is 2. The SMILES string of the molecule is CCC(CC)C(C)C(=O)NCc1cn(CC(=O)O)nn1. The molecule has 1 aromatic rings. The number of rotatable bonds is 8. The van der Waals surface area contributed by atoms with Crippen molar-refractivity contribution in [3.63, 3.8) is 0 Å². The van der Waals surface area contributed by atoms with E-state index >= 15 is 0 Å². The Morgan fingerprint density at radius 3 is 2.60 bits per heavy atom. The van der Waals surface area contributed by atoms with Crippen LogP contribution in [0.3, 0.4) is 0 Å². The van der Waals surface area contributed by atoms with E-state index in [1.165, 1.54) is 10.9 Å². The Kier molecular flexibility index (Phi) is 6.14. The first-order valence-electron chi connectivity index (χ1n) is 6.86. The fraction of sp³-hybridized carbons (Fsp3) is 0.692. The van der Waals surface area contributed by atoms with Gasteiger partial charge in [-0.05, 0) is 5.92 Å². The van der Waals surface area contributed by atoms with Crippen molar-refractivity contribution >= 4 is 11.9 Å². The number of aromatic nitrogens is 3. The van der Waals surface area contributed by atoms with Crippen molar-refractivity contribution in [3.8, 4) is 0 Å². The van der Waals surface area contributed by atoms with Gasteiger partial charge in [0.1, 0.15) is 12.2 Å². The average molecular weight is 282 g/mol. The molecule has 7 nitrogen and oxygen atoms in total. The molecule has 1 amide bonds. The van der Waals surface area contributed by atoms with E-state index in [0.717, 1.165) is 12.8 Å². The lowest BCUT2D eigenvalue weighted by Gasteiger charge is -2.20. The third-order valence-electron chi connectivity index (χ3n) is 3.50. The maximum absolute atomic E-state index is 12.0. The molecule has 2 N–H and O–H groups in total. The summed E-state index contributed by atoms with van der Waals surface area (Å²) in [6, 6.07) is 0. The number of carboxylic acids is 1. The fourth-order valence-corrected chi connectivity index (χ4v) is 2.18. The van der Waals surface area contributed by atoms with Gasteiger partial charge in [-0.2, -0.15) is 0 Å². The second-order valence-corrected chi connectivity index (χ2v) is 4.88. The maximum atomic E-state index is 12.0. The zero-order chi connectivity index (χ0) is 15.1. The highest BCUT2D eigenvalue weighted by molar-refractivity contribution is 5.78. The van der Waals surface area contributed by atoms with Gasteiger partial charge in [0, 0.05) is 5.92 Å². The number of hydrogen-bond donors (Lipinski definition) is 2. The molecular formula is C13H22N4O3. The summed E-state index contributed by atoms with van der Waals surface area (Å²) in [5.41, 5.74) is 0.552. The molecule has 0 bridgehead atoms. The van der Waals surface area contributed by atoms with Crippen LogP contribution in [0.15, 0.2) is 6.20 Å². The number of hydrogen-bond acceptors (Lipinski definition) is 4.